The number of hydrogen-bond acceptors (Lipinski definition) is 5. The number of nitrogens with two attached hydrogens (primary N) is 1. The second kappa shape index (κ2) is 2.98. The number of nitrogen functional groups attached to an aromatic ring is 1. The fourth-order valence-electron chi connectivity index (χ4n) is 0.844. The van der Waals surface area contributed by atoms with E-state index in [-0.39, 0.29) is 11.2 Å². The van der Waals surface area contributed by atoms with Gasteiger partial charge in [-0.25, -0.2) is 4.68 Å². The van der Waals surface area contributed by atoms with Crippen molar-refractivity contribution in [2.75, 3.05) is 5.73 Å². The molecule has 0 saturated heterocycles. The quantitative estimate of drug-likeness (QED) is 0.709. The molecule has 0 unspecified atom stereocenters. The molecule has 0 spiro atoms. The third-order valence-electron chi connectivity index (χ3n) is 1.32. The van der Waals surface area contributed by atoms with Crippen molar-refractivity contribution in [1.82, 2.24) is 24.7 Å². The minimum Gasteiger partial charge on any atom is -0.368 e. The molecule has 0 aliphatic heterocycles. The van der Waals surface area contributed by atoms with Crippen LogP contribution in [0.2, 0.25) is 5.28 Å². The van der Waals surface area contributed by atoms with E-state index in [9.17, 15) is 0 Å². The van der Waals surface area contributed by atoms with Gasteiger partial charge in [0.1, 0.15) is 0 Å². The number of halogens is 1. The third-order valence-corrected chi connectivity index (χ3v) is 1.49. The van der Waals surface area contributed by atoms with Gasteiger partial charge in [-0.2, -0.15) is 20.1 Å². The van der Waals surface area contributed by atoms with Gasteiger partial charge in [0.25, 0.3) is 5.95 Å². The average molecular weight is 197 g/mol. The molecule has 2 aromatic rings. The summed E-state index contributed by atoms with van der Waals surface area (Å²) in [7, 11) is 0. The van der Waals surface area contributed by atoms with Gasteiger partial charge in [0.2, 0.25) is 11.2 Å². The maximum absolute atomic E-state index is 5.58. The number of rotatable bonds is 1. The van der Waals surface area contributed by atoms with Gasteiger partial charge in [0, 0.05) is 12.4 Å². The summed E-state index contributed by atoms with van der Waals surface area (Å²) in [5.41, 5.74) is 5.38. The van der Waals surface area contributed by atoms with Gasteiger partial charge < -0.3 is 5.73 Å². The minimum absolute atomic E-state index is 0.0537. The van der Waals surface area contributed by atoms with Crippen LogP contribution in [0.4, 0.5) is 5.95 Å². The molecule has 6 nitrogen and oxygen atoms in total. The molecule has 2 rings (SSSR count). The molecule has 0 radical (unpaired) electrons. The summed E-state index contributed by atoms with van der Waals surface area (Å²) in [5.74, 6) is 0.382. The zero-order valence-electron chi connectivity index (χ0n) is 6.42. The molecule has 0 amide bonds. The summed E-state index contributed by atoms with van der Waals surface area (Å²) in [6.45, 7) is 0. The highest BCUT2D eigenvalue weighted by Crippen LogP contribution is 2.05. The largest absolute Gasteiger partial charge is 0.368 e. The van der Waals surface area contributed by atoms with E-state index in [0.29, 0.717) is 5.95 Å². The van der Waals surface area contributed by atoms with Crippen molar-refractivity contribution >= 4 is 17.5 Å². The van der Waals surface area contributed by atoms with Gasteiger partial charge in [-0.15, -0.1) is 0 Å². The molecule has 2 aromatic heterocycles. The molecule has 2 N–H and O–H groups in total. The number of hydrogen-bond donors (Lipinski definition) is 1. The monoisotopic (exact) mass is 196 g/mol. The molecule has 0 aromatic carbocycles. The van der Waals surface area contributed by atoms with E-state index in [0.717, 1.165) is 0 Å². The van der Waals surface area contributed by atoms with Crippen molar-refractivity contribution in [2.45, 2.75) is 0 Å². The lowest BCUT2D eigenvalue weighted by Crippen LogP contribution is -2.06. The van der Waals surface area contributed by atoms with Crippen LogP contribution in [0, 0.1) is 0 Å². The van der Waals surface area contributed by atoms with Crippen molar-refractivity contribution in [3.05, 3.63) is 23.7 Å². The second-order valence-corrected chi connectivity index (χ2v) is 2.55. The first-order chi connectivity index (χ1) is 6.25. The molecule has 66 valence electrons. The lowest BCUT2D eigenvalue weighted by Gasteiger charge is -1.99. The van der Waals surface area contributed by atoms with E-state index < -0.39 is 0 Å². The highest BCUT2D eigenvalue weighted by Gasteiger charge is 2.03. The van der Waals surface area contributed by atoms with Crippen LogP contribution in [0.25, 0.3) is 5.95 Å². The summed E-state index contributed by atoms with van der Waals surface area (Å²) >= 11 is 5.58. The maximum atomic E-state index is 5.58. The number of anilines is 1. The fourth-order valence-corrected chi connectivity index (χ4v) is 1.01. The van der Waals surface area contributed by atoms with Gasteiger partial charge >= 0.3 is 0 Å². The lowest BCUT2D eigenvalue weighted by molar-refractivity contribution is 0.799. The molecule has 0 fully saturated rings. The van der Waals surface area contributed by atoms with Gasteiger partial charge in [0.05, 0.1) is 0 Å². The van der Waals surface area contributed by atoms with Gasteiger partial charge in [-0.1, -0.05) is 0 Å². The summed E-state index contributed by atoms with van der Waals surface area (Å²) in [6, 6.07) is 1.74. The predicted octanol–water partition coefficient (Wildman–Crippen LogP) is 0.293. The Kier molecular flexibility index (Phi) is 1.82. The maximum Gasteiger partial charge on any atom is 0.256 e. The van der Waals surface area contributed by atoms with Crippen LogP contribution in [0.5, 0.6) is 0 Å². The summed E-state index contributed by atoms with van der Waals surface area (Å²) in [5, 5.41) is 3.97. The van der Waals surface area contributed by atoms with E-state index >= 15 is 0 Å². The minimum atomic E-state index is 0.0537. The van der Waals surface area contributed by atoms with E-state index in [2.05, 4.69) is 20.1 Å². The Morgan fingerprint density at radius 3 is 2.77 bits per heavy atom. The molecule has 0 saturated carbocycles. The van der Waals surface area contributed by atoms with E-state index in [1.165, 1.54) is 4.68 Å². The van der Waals surface area contributed by atoms with Crippen LogP contribution in [0.15, 0.2) is 18.5 Å². The Bertz CT molecular complexity index is 391. The van der Waals surface area contributed by atoms with Crippen LogP contribution in [-0.4, -0.2) is 24.7 Å². The van der Waals surface area contributed by atoms with Crippen LogP contribution < -0.4 is 5.73 Å². The zero-order chi connectivity index (χ0) is 9.26. The molecule has 0 aliphatic rings. The highest BCUT2D eigenvalue weighted by atomic mass is 35.5. The Hall–Kier alpha value is -1.69. The highest BCUT2D eigenvalue weighted by molar-refractivity contribution is 6.28. The number of aromatic nitrogens is 5. The Morgan fingerprint density at radius 1 is 1.31 bits per heavy atom. The van der Waals surface area contributed by atoms with Crippen molar-refractivity contribution in [3.8, 4) is 5.95 Å². The third kappa shape index (κ3) is 1.57. The molecule has 0 atom stereocenters. The predicted molar refractivity (Wildman–Crippen MR) is 46.4 cm³/mol. The fraction of sp³-hybridized carbons (Fsp3) is 0. The zero-order valence-corrected chi connectivity index (χ0v) is 7.18. The first-order valence-electron chi connectivity index (χ1n) is 3.43. The van der Waals surface area contributed by atoms with Crippen LogP contribution in [0.3, 0.4) is 0 Å². The SMILES string of the molecule is Nc1nc(Cl)nc(-n2cccn2)n1. The van der Waals surface area contributed by atoms with Crippen LogP contribution >= 0.6 is 11.6 Å². The first kappa shape index (κ1) is 7.93. The van der Waals surface area contributed by atoms with E-state index in [1.54, 1.807) is 18.5 Å². The summed E-state index contributed by atoms with van der Waals surface area (Å²) in [6.07, 6.45) is 3.29. The Labute approximate surface area is 78.4 Å². The molecular weight excluding hydrogens is 192 g/mol. The van der Waals surface area contributed by atoms with Crippen molar-refractivity contribution < 1.29 is 0 Å². The van der Waals surface area contributed by atoms with Crippen LogP contribution in [-0.2, 0) is 0 Å². The smallest absolute Gasteiger partial charge is 0.256 e. The first-order valence-corrected chi connectivity index (χ1v) is 3.80. The standard InChI is InChI=1S/C6H5ClN6/c7-4-10-5(8)12-6(11-4)13-3-1-2-9-13/h1-3H,(H2,8,10,11,12). The topological polar surface area (TPSA) is 82.5 Å². The molecule has 0 aliphatic carbocycles. The van der Waals surface area contributed by atoms with Crippen molar-refractivity contribution in [3.63, 3.8) is 0 Å². The normalized spacial score (nSPS) is 10.2. The molecule has 13 heavy (non-hydrogen) atoms. The Balaban J connectivity index is 2.53. The lowest BCUT2D eigenvalue weighted by atomic mass is 10.7. The molecule has 7 heteroatoms. The molecule has 0 bridgehead atoms. The van der Waals surface area contributed by atoms with E-state index in [4.69, 9.17) is 17.3 Å². The summed E-state index contributed by atoms with van der Waals surface area (Å²) in [4.78, 5) is 11.3. The second-order valence-electron chi connectivity index (χ2n) is 2.21. The number of nitrogens with zero attached hydrogens (tertiary/aromatic N) is 5. The van der Waals surface area contributed by atoms with Gasteiger partial charge in [-0.05, 0) is 17.7 Å². The molecular formula is C6H5ClN6. The van der Waals surface area contributed by atoms with E-state index in [1.807, 2.05) is 0 Å². The van der Waals surface area contributed by atoms with Crippen molar-refractivity contribution in [2.24, 2.45) is 0 Å². The Morgan fingerprint density at radius 2 is 2.15 bits per heavy atom. The van der Waals surface area contributed by atoms with Crippen LogP contribution in [0.1, 0.15) is 0 Å². The summed E-state index contributed by atoms with van der Waals surface area (Å²) < 4.78 is 1.45. The van der Waals surface area contributed by atoms with Crippen molar-refractivity contribution in [1.29, 1.82) is 0 Å². The van der Waals surface area contributed by atoms with Gasteiger partial charge in [0.15, 0.2) is 0 Å². The van der Waals surface area contributed by atoms with Gasteiger partial charge in [-0.3, -0.25) is 0 Å². The average Bonchev–Trinajstić information content (AvgIpc) is 2.53. The molecule has 2 heterocycles.